The van der Waals surface area contributed by atoms with Gasteiger partial charge in [0.1, 0.15) is 12.2 Å². The summed E-state index contributed by atoms with van der Waals surface area (Å²) in [5, 5.41) is 17.6. The highest BCUT2D eigenvalue weighted by atomic mass is 35.5. The molecule has 1 aliphatic carbocycles. The van der Waals surface area contributed by atoms with E-state index in [2.05, 4.69) is 25.5 Å². The minimum atomic E-state index is -2.24. The van der Waals surface area contributed by atoms with Gasteiger partial charge in [0, 0.05) is 17.1 Å². The Morgan fingerprint density at radius 3 is 2.90 bits per heavy atom. The van der Waals surface area contributed by atoms with Crippen molar-refractivity contribution in [2.24, 2.45) is 5.92 Å². The first-order chi connectivity index (χ1) is 14.9. The van der Waals surface area contributed by atoms with Crippen LogP contribution >= 0.6 is 11.6 Å². The lowest BCUT2D eigenvalue weighted by atomic mass is 10.0. The van der Waals surface area contributed by atoms with Gasteiger partial charge in [0.2, 0.25) is 12.1 Å². The van der Waals surface area contributed by atoms with Gasteiger partial charge >= 0.3 is 0 Å². The largest absolute Gasteiger partial charge is 0.309 e. The molecule has 0 spiro atoms. The molecule has 0 aliphatic heterocycles. The smallest absolute Gasteiger partial charge is 0.231 e. The predicted molar refractivity (Wildman–Crippen MR) is 104 cm³/mol. The molecular weight excluding hydrogens is 435 g/mol. The van der Waals surface area contributed by atoms with Gasteiger partial charge in [-0.2, -0.15) is 10.4 Å². The number of nitrogens with one attached hydrogen (secondary N) is 2. The second-order valence-corrected chi connectivity index (χ2v) is 7.46. The van der Waals surface area contributed by atoms with Gasteiger partial charge in [-0.05, 0) is 6.42 Å². The summed E-state index contributed by atoms with van der Waals surface area (Å²) < 4.78 is 43.5. The summed E-state index contributed by atoms with van der Waals surface area (Å²) in [7, 11) is 0. The van der Waals surface area contributed by atoms with Gasteiger partial charge in [-0.3, -0.25) is 14.9 Å². The molecule has 3 heterocycles. The second kappa shape index (κ2) is 6.95. The van der Waals surface area contributed by atoms with Crippen molar-refractivity contribution in [3.8, 4) is 17.3 Å². The topological polar surface area (TPSA) is 112 Å². The van der Waals surface area contributed by atoms with Gasteiger partial charge in [-0.25, -0.2) is 18.2 Å². The van der Waals surface area contributed by atoms with E-state index in [1.54, 1.807) is 0 Å². The molecule has 156 valence electrons. The monoisotopic (exact) mass is 445 g/mol. The van der Waals surface area contributed by atoms with Gasteiger partial charge in [0.15, 0.2) is 17.3 Å². The molecule has 1 saturated carbocycles. The molecule has 1 aromatic carbocycles. The number of benzene rings is 1. The average molecular weight is 446 g/mol. The van der Waals surface area contributed by atoms with Crippen LogP contribution in [0.5, 0.6) is 0 Å². The van der Waals surface area contributed by atoms with E-state index in [-0.39, 0.29) is 34.4 Å². The van der Waals surface area contributed by atoms with Crippen LogP contribution in [0.2, 0.25) is 5.02 Å². The summed E-state index contributed by atoms with van der Waals surface area (Å²) in [6, 6.07) is 1.35. The summed E-state index contributed by atoms with van der Waals surface area (Å²) in [5.74, 6) is -2.00. The number of fused-ring (bicyclic) bond motifs is 2. The van der Waals surface area contributed by atoms with Crippen molar-refractivity contribution in [3.05, 3.63) is 41.2 Å². The van der Waals surface area contributed by atoms with Crippen LogP contribution in [-0.4, -0.2) is 36.6 Å². The predicted octanol–water partition coefficient (Wildman–Crippen LogP) is 3.90. The summed E-state index contributed by atoms with van der Waals surface area (Å²) >= 11 is 6.20. The van der Waals surface area contributed by atoms with Crippen LogP contribution in [0, 0.1) is 23.1 Å². The van der Waals surface area contributed by atoms with Crippen LogP contribution in [0.25, 0.3) is 27.8 Å². The molecule has 31 heavy (non-hydrogen) atoms. The molecule has 0 bridgehead atoms. The first-order valence-corrected chi connectivity index (χ1v) is 9.44. The number of amides is 1. The molecule has 12 heteroatoms. The fourth-order valence-corrected chi connectivity index (χ4v) is 3.73. The van der Waals surface area contributed by atoms with E-state index in [0.717, 1.165) is 0 Å². The van der Waals surface area contributed by atoms with Crippen LogP contribution in [0.1, 0.15) is 18.2 Å². The molecule has 8 nitrogen and oxygen atoms in total. The van der Waals surface area contributed by atoms with E-state index in [9.17, 15) is 18.0 Å². The minimum Gasteiger partial charge on any atom is -0.309 e. The fourth-order valence-electron chi connectivity index (χ4n) is 3.43. The number of hydrogen-bond acceptors (Lipinski definition) is 5. The maximum Gasteiger partial charge on any atom is 0.231 e. The van der Waals surface area contributed by atoms with E-state index in [1.165, 1.54) is 35.3 Å². The Kier molecular flexibility index (Phi) is 4.33. The maximum absolute atomic E-state index is 14.9. The number of aromatic amines is 1. The number of anilines is 1. The Labute approximate surface area is 176 Å². The second-order valence-electron chi connectivity index (χ2n) is 7.08. The van der Waals surface area contributed by atoms with Crippen LogP contribution in [0.3, 0.4) is 0 Å². The van der Waals surface area contributed by atoms with Gasteiger partial charge in [-0.1, -0.05) is 11.6 Å². The lowest BCUT2D eigenvalue weighted by molar-refractivity contribution is -0.117. The van der Waals surface area contributed by atoms with Crippen LogP contribution in [0.4, 0.5) is 19.0 Å². The van der Waals surface area contributed by atoms with E-state index in [0.29, 0.717) is 5.65 Å². The van der Waals surface area contributed by atoms with Crippen molar-refractivity contribution in [1.29, 1.82) is 5.26 Å². The molecule has 0 radical (unpaired) electrons. The zero-order valence-corrected chi connectivity index (χ0v) is 16.2. The summed E-state index contributed by atoms with van der Waals surface area (Å²) in [6.07, 6.45) is 2.52. The first-order valence-electron chi connectivity index (χ1n) is 9.06. The third kappa shape index (κ3) is 3.07. The minimum absolute atomic E-state index is 0.00311. The third-order valence-electron chi connectivity index (χ3n) is 5.09. The van der Waals surface area contributed by atoms with Gasteiger partial charge < -0.3 is 9.72 Å². The Balaban J connectivity index is 1.59. The highest BCUT2D eigenvalue weighted by molar-refractivity contribution is 6.35. The average Bonchev–Trinajstić information content (AvgIpc) is 3.12. The number of carbonyl (C=O) groups excluding carboxylic acids is 1. The highest BCUT2D eigenvalue weighted by Crippen LogP contribution is 2.41. The number of nitrogens with zero attached hydrogens (tertiary/aromatic N) is 5. The number of rotatable bonds is 4. The van der Waals surface area contributed by atoms with Crippen LogP contribution in [0.15, 0.2) is 24.8 Å². The quantitative estimate of drug-likeness (QED) is 0.495. The molecule has 4 aromatic rings. The molecular formula is C19H11ClF3N7O. The number of hydrogen-bond donors (Lipinski definition) is 2. The molecule has 1 fully saturated rings. The number of nitriles is 1. The zero-order chi connectivity index (χ0) is 21.9. The molecule has 1 amide bonds. The van der Waals surface area contributed by atoms with Gasteiger partial charge in [-0.15, -0.1) is 0 Å². The number of alkyl halides is 2. The fraction of sp³-hybridized carbons (Fsp3) is 0.211. The SMILES string of the molecule is N#CC(F)c1c(F)c(Cl)c(-c2cn3cc(NC(=O)[C@@H]4C[C@@H]4F)nc3cn2)c2cn[nH]c12. The van der Waals surface area contributed by atoms with Crippen molar-refractivity contribution >= 4 is 39.9 Å². The van der Waals surface area contributed by atoms with Crippen LogP contribution in [-0.2, 0) is 4.79 Å². The summed E-state index contributed by atoms with van der Waals surface area (Å²) in [5.41, 5.74) is 0.219. The van der Waals surface area contributed by atoms with Crippen molar-refractivity contribution in [3.63, 3.8) is 0 Å². The summed E-state index contributed by atoms with van der Waals surface area (Å²) in [6.45, 7) is 0. The Morgan fingerprint density at radius 1 is 1.42 bits per heavy atom. The van der Waals surface area contributed by atoms with Crippen molar-refractivity contribution < 1.29 is 18.0 Å². The Morgan fingerprint density at radius 2 is 2.19 bits per heavy atom. The number of H-pyrrole nitrogens is 1. The number of carbonyl (C=O) groups is 1. The normalized spacial score (nSPS) is 18.8. The molecule has 2 N–H and O–H groups in total. The summed E-state index contributed by atoms with van der Waals surface area (Å²) in [4.78, 5) is 20.4. The Bertz CT molecular complexity index is 1410. The third-order valence-corrected chi connectivity index (χ3v) is 5.45. The van der Waals surface area contributed by atoms with Gasteiger partial charge in [0.25, 0.3) is 0 Å². The van der Waals surface area contributed by atoms with Crippen molar-refractivity contribution in [2.45, 2.75) is 18.8 Å². The lowest BCUT2D eigenvalue weighted by Crippen LogP contribution is -2.15. The molecule has 0 saturated heterocycles. The molecule has 1 aliphatic rings. The number of imidazole rings is 1. The zero-order valence-electron chi connectivity index (χ0n) is 15.4. The number of halogens is 4. The molecule has 3 aromatic heterocycles. The Hall–Kier alpha value is -3.65. The van der Waals surface area contributed by atoms with E-state index >= 15 is 0 Å². The molecule has 3 atom stereocenters. The van der Waals surface area contributed by atoms with Crippen molar-refractivity contribution in [2.75, 3.05) is 5.32 Å². The standard InChI is InChI=1S/C19H11ClF3N7O/c20-16-14(8-3-26-29-18(8)15(17(16)23)10(22)2-24)11-5-30-6-12(27-13(30)4-25-11)28-19(31)7-1-9(7)21/h3-7,9-10H,1H2,(H,26,29)(H,28,31)/t7-,9+,10?/m1/s1. The van der Waals surface area contributed by atoms with Gasteiger partial charge in [0.05, 0.1) is 46.3 Å². The van der Waals surface area contributed by atoms with Crippen molar-refractivity contribution in [1.82, 2.24) is 24.6 Å². The molecule has 1 unspecified atom stereocenters. The highest BCUT2D eigenvalue weighted by Gasteiger charge is 2.43. The number of aromatic nitrogens is 5. The molecule has 5 rings (SSSR count). The lowest BCUT2D eigenvalue weighted by Gasteiger charge is -2.12. The van der Waals surface area contributed by atoms with E-state index < -0.39 is 40.6 Å². The van der Waals surface area contributed by atoms with E-state index in [4.69, 9.17) is 16.9 Å². The van der Waals surface area contributed by atoms with E-state index in [1.807, 2.05) is 0 Å². The maximum atomic E-state index is 14.9. The van der Waals surface area contributed by atoms with Crippen LogP contribution < -0.4 is 5.32 Å². The first kappa shape index (κ1) is 19.3.